The molecule has 0 aliphatic carbocycles. The highest BCUT2D eigenvalue weighted by Crippen LogP contribution is 2.21. The Labute approximate surface area is 163 Å². The maximum Gasteiger partial charge on any atom is 0.411 e. The van der Waals surface area contributed by atoms with Crippen LogP contribution in [0.15, 0.2) is 42.6 Å². The summed E-state index contributed by atoms with van der Waals surface area (Å²) in [7, 11) is 1.29. The number of hydrogen-bond acceptors (Lipinski definition) is 6. The lowest BCUT2D eigenvalue weighted by molar-refractivity contribution is -0.00522. The van der Waals surface area contributed by atoms with E-state index >= 15 is 0 Å². The molecule has 0 bridgehead atoms. The molecule has 0 spiro atoms. The van der Waals surface area contributed by atoms with Crippen LogP contribution in [0.5, 0.6) is 0 Å². The van der Waals surface area contributed by atoms with Gasteiger partial charge in [0.2, 0.25) is 0 Å². The minimum Gasteiger partial charge on any atom is -0.453 e. The monoisotopic (exact) mass is 384 g/mol. The molecule has 0 saturated carbocycles. The van der Waals surface area contributed by atoms with Crippen molar-refractivity contribution in [2.75, 3.05) is 35.7 Å². The van der Waals surface area contributed by atoms with Crippen molar-refractivity contribution in [3.05, 3.63) is 48.3 Å². The summed E-state index contributed by atoms with van der Waals surface area (Å²) in [5.41, 5.74) is 2.45. The Morgan fingerprint density at radius 2 is 1.68 bits per heavy atom. The van der Waals surface area contributed by atoms with Crippen LogP contribution in [0, 0.1) is 0 Å². The molecule has 3 rings (SSSR count). The van der Waals surface area contributed by atoms with Crippen LogP contribution in [0.4, 0.5) is 21.9 Å². The maximum absolute atomic E-state index is 12.6. The number of carbonyl (C=O) groups excluding carboxylic acids is 2. The summed E-state index contributed by atoms with van der Waals surface area (Å²) in [4.78, 5) is 30.2. The molecule has 2 atom stereocenters. The second-order valence-electron chi connectivity index (χ2n) is 6.71. The first kappa shape index (κ1) is 19.6. The van der Waals surface area contributed by atoms with Crippen molar-refractivity contribution < 1.29 is 19.1 Å². The third kappa shape index (κ3) is 4.98. The number of benzene rings is 1. The molecule has 1 aliphatic rings. The van der Waals surface area contributed by atoms with Gasteiger partial charge in [0.1, 0.15) is 5.69 Å². The molecule has 8 nitrogen and oxygen atoms in total. The molecule has 1 aromatic carbocycles. The van der Waals surface area contributed by atoms with Gasteiger partial charge in [0.25, 0.3) is 5.91 Å². The van der Waals surface area contributed by atoms with E-state index in [0.29, 0.717) is 17.1 Å². The van der Waals surface area contributed by atoms with E-state index in [1.165, 1.54) is 7.11 Å². The van der Waals surface area contributed by atoms with E-state index in [1.807, 2.05) is 19.9 Å². The summed E-state index contributed by atoms with van der Waals surface area (Å²) in [6.45, 7) is 5.61. The Morgan fingerprint density at radius 3 is 2.29 bits per heavy atom. The topological polar surface area (TPSA) is 92.8 Å². The van der Waals surface area contributed by atoms with Gasteiger partial charge < -0.3 is 19.7 Å². The highest BCUT2D eigenvalue weighted by atomic mass is 16.5. The van der Waals surface area contributed by atoms with E-state index < -0.39 is 6.09 Å². The van der Waals surface area contributed by atoms with Gasteiger partial charge in [-0.2, -0.15) is 0 Å². The normalized spacial score (nSPS) is 19.0. The molecule has 2 heterocycles. The van der Waals surface area contributed by atoms with Crippen molar-refractivity contribution in [2.24, 2.45) is 0 Å². The van der Waals surface area contributed by atoms with Crippen molar-refractivity contribution in [2.45, 2.75) is 26.1 Å². The molecule has 8 heteroatoms. The molecule has 1 aromatic heterocycles. The standard InChI is InChI=1S/C20H24N4O4/c1-13-11-24(12-14(2)28-13)17-8-9-21-18(10-17)19(25)22-15-4-6-16(7-5-15)23-20(26)27-3/h4-10,13-14H,11-12H2,1-3H3,(H,22,25)(H,23,26). The van der Waals surface area contributed by atoms with Crippen LogP contribution < -0.4 is 15.5 Å². The molecule has 0 radical (unpaired) electrons. The van der Waals surface area contributed by atoms with Gasteiger partial charge in [-0.05, 0) is 50.2 Å². The Kier molecular flexibility index (Phi) is 6.10. The average molecular weight is 384 g/mol. The van der Waals surface area contributed by atoms with Crippen molar-refractivity contribution in [3.8, 4) is 0 Å². The highest BCUT2D eigenvalue weighted by Gasteiger charge is 2.23. The van der Waals surface area contributed by atoms with E-state index in [2.05, 4.69) is 25.3 Å². The Bertz CT molecular complexity index is 830. The fraction of sp³-hybridized carbons (Fsp3) is 0.350. The summed E-state index contributed by atoms with van der Waals surface area (Å²) in [6.07, 6.45) is 1.35. The van der Waals surface area contributed by atoms with Gasteiger partial charge in [-0.25, -0.2) is 4.79 Å². The first-order valence-corrected chi connectivity index (χ1v) is 9.07. The van der Waals surface area contributed by atoms with Crippen LogP contribution in [0.1, 0.15) is 24.3 Å². The predicted molar refractivity (Wildman–Crippen MR) is 107 cm³/mol. The van der Waals surface area contributed by atoms with Crippen molar-refractivity contribution in [1.82, 2.24) is 4.98 Å². The minimum atomic E-state index is -0.551. The summed E-state index contributed by atoms with van der Waals surface area (Å²) in [6, 6.07) is 10.4. The Hall–Kier alpha value is -3.13. The van der Waals surface area contributed by atoms with E-state index in [4.69, 9.17) is 4.74 Å². The average Bonchev–Trinajstić information content (AvgIpc) is 2.68. The third-order valence-electron chi connectivity index (χ3n) is 4.34. The molecule has 28 heavy (non-hydrogen) atoms. The van der Waals surface area contributed by atoms with Gasteiger partial charge in [-0.3, -0.25) is 15.1 Å². The second kappa shape index (κ2) is 8.71. The van der Waals surface area contributed by atoms with Crippen LogP contribution in [0.3, 0.4) is 0 Å². The summed E-state index contributed by atoms with van der Waals surface area (Å²) in [5.74, 6) is -0.301. The maximum atomic E-state index is 12.6. The molecule has 1 fully saturated rings. The van der Waals surface area contributed by atoms with Crippen molar-refractivity contribution >= 4 is 29.1 Å². The summed E-state index contributed by atoms with van der Waals surface area (Å²) in [5, 5.41) is 5.36. The number of methoxy groups -OCH3 is 1. The van der Waals surface area contributed by atoms with Gasteiger partial charge in [-0.1, -0.05) is 0 Å². The molecule has 2 unspecified atom stereocenters. The van der Waals surface area contributed by atoms with E-state index in [0.717, 1.165) is 18.8 Å². The number of rotatable bonds is 4. The van der Waals surface area contributed by atoms with Crippen molar-refractivity contribution in [1.29, 1.82) is 0 Å². The molecule has 2 aromatic rings. The van der Waals surface area contributed by atoms with Gasteiger partial charge in [0.15, 0.2) is 0 Å². The van der Waals surface area contributed by atoms with E-state index in [9.17, 15) is 9.59 Å². The molecule has 148 valence electrons. The smallest absolute Gasteiger partial charge is 0.411 e. The van der Waals surface area contributed by atoms with Crippen LogP contribution in [0.2, 0.25) is 0 Å². The number of carbonyl (C=O) groups is 2. The SMILES string of the molecule is COC(=O)Nc1ccc(NC(=O)c2cc(N3CC(C)OC(C)C3)ccn2)cc1. The first-order valence-electron chi connectivity index (χ1n) is 9.07. The van der Waals surface area contributed by atoms with Gasteiger partial charge in [0, 0.05) is 36.3 Å². The fourth-order valence-electron chi connectivity index (χ4n) is 3.13. The highest BCUT2D eigenvalue weighted by molar-refractivity contribution is 6.03. The van der Waals surface area contributed by atoms with E-state index in [-0.39, 0.29) is 18.1 Å². The lowest BCUT2D eigenvalue weighted by Gasteiger charge is -2.36. The summed E-state index contributed by atoms with van der Waals surface area (Å²) >= 11 is 0. The number of morpholine rings is 1. The molecular weight excluding hydrogens is 360 g/mol. The van der Waals surface area contributed by atoms with Gasteiger partial charge >= 0.3 is 6.09 Å². The number of anilines is 3. The largest absolute Gasteiger partial charge is 0.453 e. The Balaban J connectivity index is 1.67. The first-order chi connectivity index (χ1) is 13.4. The molecule has 1 aliphatic heterocycles. The molecular formula is C20H24N4O4. The van der Waals surface area contributed by atoms with Crippen LogP contribution in [-0.4, -0.2) is 49.4 Å². The van der Waals surface area contributed by atoms with Crippen molar-refractivity contribution in [3.63, 3.8) is 0 Å². The number of pyridine rings is 1. The third-order valence-corrected chi connectivity index (χ3v) is 4.34. The van der Waals surface area contributed by atoms with Gasteiger partial charge in [0.05, 0.1) is 19.3 Å². The lowest BCUT2D eigenvalue weighted by atomic mass is 10.2. The quantitative estimate of drug-likeness (QED) is 0.841. The Morgan fingerprint density at radius 1 is 1.07 bits per heavy atom. The van der Waals surface area contributed by atoms with E-state index in [1.54, 1.807) is 36.5 Å². The number of amides is 2. The van der Waals surface area contributed by atoms with Crippen LogP contribution in [0.25, 0.3) is 0 Å². The van der Waals surface area contributed by atoms with Crippen LogP contribution >= 0.6 is 0 Å². The zero-order valence-corrected chi connectivity index (χ0v) is 16.1. The summed E-state index contributed by atoms with van der Waals surface area (Å²) < 4.78 is 10.3. The minimum absolute atomic E-state index is 0.131. The predicted octanol–water partition coefficient (Wildman–Crippen LogP) is 3.13. The number of ether oxygens (including phenoxy) is 2. The second-order valence-corrected chi connectivity index (χ2v) is 6.71. The molecule has 2 N–H and O–H groups in total. The number of nitrogens with zero attached hydrogens (tertiary/aromatic N) is 2. The number of hydrogen-bond donors (Lipinski definition) is 2. The zero-order chi connectivity index (χ0) is 20.1. The zero-order valence-electron chi connectivity index (χ0n) is 16.1. The number of aromatic nitrogens is 1. The number of nitrogens with one attached hydrogen (secondary N) is 2. The lowest BCUT2D eigenvalue weighted by Crippen LogP contribution is -2.45. The molecule has 1 saturated heterocycles. The van der Waals surface area contributed by atoms with Crippen LogP contribution in [-0.2, 0) is 9.47 Å². The molecule has 2 amide bonds. The fourth-order valence-corrected chi connectivity index (χ4v) is 3.13. The van der Waals surface area contributed by atoms with Gasteiger partial charge in [-0.15, -0.1) is 0 Å².